The van der Waals surface area contributed by atoms with E-state index in [9.17, 15) is 4.79 Å². The monoisotopic (exact) mass is 441 g/mol. The third-order valence-corrected chi connectivity index (χ3v) is 5.17. The van der Waals surface area contributed by atoms with Crippen molar-refractivity contribution in [2.45, 2.75) is 32.6 Å². The lowest BCUT2D eigenvalue weighted by molar-refractivity contribution is -0.118. The molecule has 1 N–H and O–H groups in total. The van der Waals surface area contributed by atoms with Crippen LogP contribution in [0, 0.1) is 0 Å². The Morgan fingerprint density at radius 2 is 1.61 bits per heavy atom. The van der Waals surface area contributed by atoms with Crippen molar-refractivity contribution < 1.29 is 13.9 Å². The minimum atomic E-state index is -0.216. The Morgan fingerprint density at radius 1 is 0.909 bits per heavy atom. The zero-order valence-corrected chi connectivity index (χ0v) is 19.0. The standard InChI is InChI=1S/C27H27N3O3/c1-27(2,3)21-11-15-23(16-12-21)32-18-24(31)28-22-13-9-19(10-14-22)17-25-29-30-26(33-25)20-7-5-4-6-8-20/h4-16H,17-18H2,1-3H3,(H,28,31). The molecule has 1 aromatic heterocycles. The van der Waals surface area contributed by atoms with Crippen LogP contribution in [0.2, 0.25) is 0 Å². The molecule has 0 fully saturated rings. The van der Waals surface area contributed by atoms with E-state index < -0.39 is 0 Å². The predicted octanol–water partition coefficient (Wildman–Crippen LogP) is 5.64. The Hall–Kier alpha value is -3.93. The number of benzene rings is 3. The molecule has 0 aliphatic heterocycles. The number of hydrogen-bond acceptors (Lipinski definition) is 5. The molecule has 1 heterocycles. The highest BCUT2D eigenvalue weighted by Gasteiger charge is 2.13. The lowest BCUT2D eigenvalue weighted by Gasteiger charge is -2.19. The minimum Gasteiger partial charge on any atom is -0.484 e. The van der Waals surface area contributed by atoms with E-state index in [2.05, 4.69) is 36.3 Å². The zero-order valence-electron chi connectivity index (χ0n) is 19.0. The molecule has 168 valence electrons. The van der Waals surface area contributed by atoms with Gasteiger partial charge in [-0.25, -0.2) is 0 Å². The summed E-state index contributed by atoms with van der Waals surface area (Å²) >= 11 is 0. The average molecular weight is 442 g/mol. The number of hydrogen-bond donors (Lipinski definition) is 1. The zero-order chi connectivity index (χ0) is 23.3. The molecular weight excluding hydrogens is 414 g/mol. The predicted molar refractivity (Wildman–Crippen MR) is 128 cm³/mol. The van der Waals surface area contributed by atoms with Crippen molar-refractivity contribution in [3.8, 4) is 17.2 Å². The summed E-state index contributed by atoms with van der Waals surface area (Å²) < 4.78 is 11.4. The number of nitrogens with zero attached hydrogens (tertiary/aromatic N) is 2. The van der Waals surface area contributed by atoms with Gasteiger partial charge in [0.1, 0.15) is 5.75 Å². The highest BCUT2D eigenvalue weighted by Crippen LogP contribution is 2.24. The molecule has 0 aliphatic rings. The fourth-order valence-corrected chi connectivity index (χ4v) is 3.30. The van der Waals surface area contributed by atoms with Crippen molar-refractivity contribution in [2.75, 3.05) is 11.9 Å². The highest BCUT2D eigenvalue weighted by atomic mass is 16.5. The number of aromatic nitrogens is 2. The Bertz CT molecular complexity index is 1190. The summed E-state index contributed by atoms with van der Waals surface area (Å²) in [6.07, 6.45) is 0.516. The Balaban J connectivity index is 1.28. The van der Waals surface area contributed by atoms with Gasteiger partial charge in [-0.1, -0.05) is 63.2 Å². The molecule has 0 radical (unpaired) electrons. The first-order valence-electron chi connectivity index (χ1n) is 10.9. The third kappa shape index (κ3) is 6.07. The van der Waals surface area contributed by atoms with E-state index in [1.807, 2.05) is 78.9 Å². The van der Waals surface area contributed by atoms with E-state index in [0.29, 0.717) is 29.6 Å². The Kier molecular flexibility index (Phi) is 6.54. The number of rotatable bonds is 7. The number of carbonyl (C=O) groups is 1. The molecule has 0 unspecified atom stereocenters. The summed E-state index contributed by atoms with van der Waals surface area (Å²) in [5.41, 5.74) is 3.89. The number of nitrogens with one attached hydrogen (secondary N) is 1. The second kappa shape index (κ2) is 9.69. The molecule has 33 heavy (non-hydrogen) atoms. The van der Waals surface area contributed by atoms with Crippen LogP contribution in [0.15, 0.2) is 83.3 Å². The molecule has 4 rings (SSSR count). The molecule has 6 heteroatoms. The number of ether oxygens (including phenoxy) is 1. The van der Waals surface area contributed by atoms with Crippen molar-refractivity contribution >= 4 is 11.6 Å². The van der Waals surface area contributed by atoms with Crippen molar-refractivity contribution in [3.63, 3.8) is 0 Å². The first kappa shape index (κ1) is 22.3. The molecule has 3 aromatic carbocycles. The third-order valence-electron chi connectivity index (χ3n) is 5.17. The molecular formula is C27H27N3O3. The smallest absolute Gasteiger partial charge is 0.262 e. The molecule has 0 aliphatic carbocycles. The second-order valence-corrected chi connectivity index (χ2v) is 8.85. The molecule has 0 saturated heterocycles. The van der Waals surface area contributed by atoms with Gasteiger partial charge in [-0.05, 0) is 52.9 Å². The lowest BCUT2D eigenvalue weighted by Crippen LogP contribution is -2.20. The van der Waals surface area contributed by atoms with Gasteiger partial charge in [-0.15, -0.1) is 10.2 Å². The summed E-state index contributed by atoms with van der Waals surface area (Å²) in [5, 5.41) is 11.1. The quantitative estimate of drug-likeness (QED) is 0.401. The summed E-state index contributed by atoms with van der Waals surface area (Å²) in [6, 6.07) is 25.0. The SMILES string of the molecule is CC(C)(C)c1ccc(OCC(=O)Nc2ccc(Cc3nnc(-c4ccccc4)o3)cc2)cc1. The van der Waals surface area contributed by atoms with E-state index >= 15 is 0 Å². The lowest BCUT2D eigenvalue weighted by atomic mass is 9.87. The van der Waals surface area contributed by atoms with E-state index in [4.69, 9.17) is 9.15 Å². The van der Waals surface area contributed by atoms with Crippen molar-refractivity contribution in [3.05, 3.63) is 95.9 Å². The first-order valence-corrected chi connectivity index (χ1v) is 10.9. The fraction of sp³-hybridized carbons (Fsp3) is 0.222. The summed E-state index contributed by atoms with van der Waals surface area (Å²) in [7, 11) is 0. The van der Waals surface area contributed by atoms with Gasteiger partial charge in [0.05, 0.1) is 6.42 Å². The number of carbonyl (C=O) groups excluding carboxylic acids is 1. The molecule has 1 amide bonds. The van der Waals surface area contributed by atoms with Crippen molar-refractivity contribution in [1.29, 1.82) is 0 Å². The van der Waals surface area contributed by atoms with E-state index in [-0.39, 0.29) is 17.9 Å². The van der Waals surface area contributed by atoms with Crippen LogP contribution in [0.4, 0.5) is 5.69 Å². The number of anilines is 1. The summed E-state index contributed by atoms with van der Waals surface area (Å²) in [4.78, 5) is 12.3. The van der Waals surface area contributed by atoms with Gasteiger partial charge in [-0.3, -0.25) is 4.79 Å². The molecule has 0 spiro atoms. The Labute approximate surface area is 193 Å². The second-order valence-electron chi connectivity index (χ2n) is 8.85. The van der Waals surface area contributed by atoms with Crippen LogP contribution in [0.25, 0.3) is 11.5 Å². The van der Waals surface area contributed by atoms with Gasteiger partial charge < -0.3 is 14.5 Å². The van der Waals surface area contributed by atoms with Crippen LogP contribution in [-0.2, 0) is 16.6 Å². The van der Waals surface area contributed by atoms with Crippen LogP contribution in [0.3, 0.4) is 0 Å². The van der Waals surface area contributed by atoms with E-state index in [1.54, 1.807) is 0 Å². The van der Waals surface area contributed by atoms with Gasteiger partial charge in [0.25, 0.3) is 5.91 Å². The molecule has 0 saturated carbocycles. The van der Waals surface area contributed by atoms with Crippen LogP contribution in [0.1, 0.15) is 37.8 Å². The minimum absolute atomic E-state index is 0.0547. The number of amides is 1. The average Bonchev–Trinajstić information content (AvgIpc) is 3.28. The van der Waals surface area contributed by atoms with Crippen LogP contribution in [0.5, 0.6) is 5.75 Å². The van der Waals surface area contributed by atoms with Crippen LogP contribution < -0.4 is 10.1 Å². The molecule has 4 aromatic rings. The molecule has 0 bridgehead atoms. The van der Waals surface area contributed by atoms with Gasteiger partial charge >= 0.3 is 0 Å². The normalized spacial score (nSPS) is 11.2. The van der Waals surface area contributed by atoms with E-state index in [0.717, 1.165) is 11.1 Å². The van der Waals surface area contributed by atoms with Crippen LogP contribution >= 0.6 is 0 Å². The maximum Gasteiger partial charge on any atom is 0.262 e. The topological polar surface area (TPSA) is 77.2 Å². The first-order chi connectivity index (χ1) is 15.9. The maximum absolute atomic E-state index is 12.3. The van der Waals surface area contributed by atoms with Gasteiger partial charge in [0, 0.05) is 11.3 Å². The van der Waals surface area contributed by atoms with Gasteiger partial charge in [-0.2, -0.15) is 0 Å². The fourth-order valence-electron chi connectivity index (χ4n) is 3.30. The van der Waals surface area contributed by atoms with Crippen molar-refractivity contribution in [1.82, 2.24) is 10.2 Å². The van der Waals surface area contributed by atoms with Gasteiger partial charge in [0.2, 0.25) is 11.8 Å². The molecule has 0 atom stereocenters. The van der Waals surface area contributed by atoms with E-state index in [1.165, 1.54) is 5.56 Å². The highest BCUT2D eigenvalue weighted by molar-refractivity contribution is 5.91. The maximum atomic E-state index is 12.3. The summed E-state index contributed by atoms with van der Waals surface area (Å²) in [5.74, 6) is 1.49. The summed E-state index contributed by atoms with van der Waals surface area (Å²) in [6.45, 7) is 6.42. The molecule has 6 nitrogen and oxygen atoms in total. The van der Waals surface area contributed by atoms with Crippen molar-refractivity contribution in [2.24, 2.45) is 0 Å². The van der Waals surface area contributed by atoms with Crippen LogP contribution in [-0.4, -0.2) is 22.7 Å². The van der Waals surface area contributed by atoms with Gasteiger partial charge in [0.15, 0.2) is 6.61 Å². The Morgan fingerprint density at radius 3 is 2.27 bits per heavy atom. The largest absolute Gasteiger partial charge is 0.484 e.